The zero-order valence-electron chi connectivity index (χ0n) is 22.2. The number of hydrogen-bond donors (Lipinski definition) is 0. The number of hydrogen-bond acceptors (Lipinski definition) is 5. The van der Waals surface area contributed by atoms with Gasteiger partial charge in [0.15, 0.2) is 0 Å². The van der Waals surface area contributed by atoms with Crippen LogP contribution in [0.3, 0.4) is 0 Å². The Bertz CT molecular complexity index is 1740. The lowest BCUT2D eigenvalue weighted by Gasteiger charge is -2.18. The number of benzene rings is 4. The van der Waals surface area contributed by atoms with Gasteiger partial charge >= 0.3 is 0 Å². The Balaban J connectivity index is 1.30. The van der Waals surface area contributed by atoms with E-state index in [1.165, 1.54) is 22.5 Å². The molecule has 0 spiro atoms. The van der Waals surface area contributed by atoms with Gasteiger partial charge in [-0.3, -0.25) is 9.69 Å². The topological polar surface area (TPSA) is 47.4 Å². The average Bonchev–Trinajstić information content (AvgIpc) is 3.52. The number of para-hydroxylation sites is 1. The highest BCUT2D eigenvalue weighted by molar-refractivity contribution is 8.26. The molecule has 5 aromatic rings. The summed E-state index contributed by atoms with van der Waals surface area (Å²) in [5.41, 5.74) is 4.63. The highest BCUT2D eigenvalue weighted by atomic mass is 32.2. The molecular formula is C33H27N3O2S2. The van der Waals surface area contributed by atoms with Gasteiger partial charge in [0.2, 0.25) is 0 Å². The van der Waals surface area contributed by atoms with Crippen molar-refractivity contribution in [1.29, 1.82) is 0 Å². The summed E-state index contributed by atoms with van der Waals surface area (Å²) in [6.45, 7) is 4.42. The minimum Gasteiger partial charge on any atom is -0.489 e. The number of fused-ring (bicyclic) bond motifs is 1. The van der Waals surface area contributed by atoms with Crippen molar-refractivity contribution in [2.45, 2.75) is 26.5 Å². The molecule has 1 amide bonds. The SMILES string of the molecule is CC(C)N1C(=O)/C(=C/c2cn(-c3ccccc3)nc2-c2ccc(OCc3cccc4ccccc34)cc2)SC1=S. The van der Waals surface area contributed by atoms with Gasteiger partial charge in [-0.1, -0.05) is 84.6 Å². The van der Waals surface area contributed by atoms with Crippen molar-refractivity contribution < 1.29 is 9.53 Å². The number of thiocarbonyl (C=S) groups is 1. The Morgan fingerprint density at radius 1 is 0.925 bits per heavy atom. The van der Waals surface area contributed by atoms with Crippen LogP contribution in [0, 0.1) is 0 Å². The fourth-order valence-electron chi connectivity index (χ4n) is 4.79. The predicted octanol–water partition coefficient (Wildman–Crippen LogP) is 7.88. The molecule has 2 heterocycles. The molecule has 6 rings (SSSR count). The minimum atomic E-state index is -0.0689. The van der Waals surface area contributed by atoms with Gasteiger partial charge < -0.3 is 4.74 Å². The van der Waals surface area contributed by atoms with Gasteiger partial charge in [-0.05, 0) is 72.7 Å². The summed E-state index contributed by atoms with van der Waals surface area (Å²) < 4.78 is 8.58. The van der Waals surface area contributed by atoms with Crippen molar-refractivity contribution in [2.75, 3.05) is 0 Å². The minimum absolute atomic E-state index is 0.00586. The van der Waals surface area contributed by atoms with Gasteiger partial charge in [-0.15, -0.1) is 0 Å². The van der Waals surface area contributed by atoms with Crippen molar-refractivity contribution >= 4 is 51.1 Å². The van der Waals surface area contributed by atoms with Crippen LogP contribution in [0.15, 0.2) is 108 Å². The Morgan fingerprint density at radius 2 is 1.65 bits per heavy atom. The largest absolute Gasteiger partial charge is 0.489 e. The Labute approximate surface area is 243 Å². The predicted molar refractivity (Wildman–Crippen MR) is 167 cm³/mol. The normalized spacial score (nSPS) is 14.6. The number of aromatic nitrogens is 2. The van der Waals surface area contributed by atoms with E-state index in [-0.39, 0.29) is 11.9 Å². The average molecular weight is 562 g/mol. The molecule has 1 fully saturated rings. The molecule has 1 aliphatic rings. The molecule has 0 radical (unpaired) electrons. The van der Waals surface area contributed by atoms with E-state index in [2.05, 4.69) is 30.3 Å². The molecular weight excluding hydrogens is 535 g/mol. The van der Waals surface area contributed by atoms with Crippen molar-refractivity contribution in [1.82, 2.24) is 14.7 Å². The Kier molecular flexibility index (Phi) is 7.24. The maximum absolute atomic E-state index is 13.1. The first-order chi connectivity index (χ1) is 19.5. The van der Waals surface area contributed by atoms with Gasteiger partial charge in [-0.2, -0.15) is 5.10 Å². The highest BCUT2D eigenvalue weighted by Crippen LogP contribution is 2.36. The second-order valence-corrected chi connectivity index (χ2v) is 11.5. The van der Waals surface area contributed by atoms with E-state index in [0.29, 0.717) is 15.8 Å². The fraction of sp³-hybridized carbons (Fsp3) is 0.121. The smallest absolute Gasteiger partial charge is 0.266 e. The Morgan fingerprint density at radius 3 is 2.40 bits per heavy atom. The molecule has 0 bridgehead atoms. The Hall–Kier alpha value is -4.20. The van der Waals surface area contributed by atoms with E-state index in [1.54, 1.807) is 4.90 Å². The third-order valence-electron chi connectivity index (χ3n) is 6.79. The maximum atomic E-state index is 13.1. The number of ether oxygens (including phenoxy) is 1. The molecule has 0 atom stereocenters. The van der Waals surface area contributed by atoms with Crippen LogP contribution in [0.2, 0.25) is 0 Å². The van der Waals surface area contributed by atoms with Crippen LogP contribution in [0.4, 0.5) is 0 Å². The lowest BCUT2D eigenvalue weighted by atomic mass is 10.1. The van der Waals surface area contributed by atoms with Crippen molar-refractivity contribution in [3.63, 3.8) is 0 Å². The number of rotatable bonds is 7. The summed E-state index contributed by atoms with van der Waals surface area (Å²) >= 11 is 6.82. The first-order valence-electron chi connectivity index (χ1n) is 13.1. The first-order valence-corrected chi connectivity index (χ1v) is 14.3. The van der Waals surface area contributed by atoms with Crippen LogP contribution >= 0.6 is 24.0 Å². The van der Waals surface area contributed by atoms with Gasteiger partial charge in [0, 0.05) is 23.4 Å². The number of nitrogens with zero attached hydrogens (tertiary/aromatic N) is 3. The lowest BCUT2D eigenvalue weighted by Crippen LogP contribution is -2.34. The molecule has 5 nitrogen and oxygen atoms in total. The van der Waals surface area contributed by atoms with Gasteiger partial charge in [-0.25, -0.2) is 4.68 Å². The highest BCUT2D eigenvalue weighted by Gasteiger charge is 2.34. The van der Waals surface area contributed by atoms with Gasteiger partial charge in [0.1, 0.15) is 16.7 Å². The summed E-state index contributed by atoms with van der Waals surface area (Å²) in [7, 11) is 0. The molecule has 0 N–H and O–H groups in total. The van der Waals surface area contributed by atoms with Gasteiger partial charge in [0.05, 0.1) is 16.3 Å². The van der Waals surface area contributed by atoms with Crippen LogP contribution in [-0.2, 0) is 11.4 Å². The molecule has 1 aliphatic heterocycles. The van der Waals surface area contributed by atoms with Crippen LogP contribution in [-0.4, -0.2) is 30.9 Å². The van der Waals surface area contributed by atoms with Crippen molar-refractivity contribution in [3.8, 4) is 22.7 Å². The quantitative estimate of drug-likeness (QED) is 0.149. The number of thioether (sulfide) groups is 1. The zero-order chi connectivity index (χ0) is 27.6. The molecule has 198 valence electrons. The van der Waals surface area contributed by atoms with Crippen LogP contribution in [0.25, 0.3) is 33.8 Å². The van der Waals surface area contributed by atoms with Crippen molar-refractivity contribution in [2.24, 2.45) is 0 Å². The second kappa shape index (κ2) is 11.1. The molecule has 1 aromatic heterocycles. The molecule has 1 saturated heterocycles. The molecule has 0 saturated carbocycles. The summed E-state index contributed by atoms with van der Waals surface area (Å²) in [5, 5.41) is 7.31. The molecule has 0 aliphatic carbocycles. The monoisotopic (exact) mass is 561 g/mol. The van der Waals surface area contributed by atoms with Gasteiger partial charge in [0.25, 0.3) is 5.91 Å². The molecule has 7 heteroatoms. The standard InChI is InChI=1S/C33H27N3O2S2/c1-22(2)36-32(37)30(40-33(36)39)19-26-20-35(27-12-4-3-5-13-27)34-31(26)24-15-17-28(18-16-24)38-21-25-11-8-10-23-9-6-7-14-29(23)25/h3-20,22H,21H2,1-2H3/b30-19-. The van der Waals surface area contributed by atoms with Crippen LogP contribution in [0.1, 0.15) is 25.0 Å². The fourth-order valence-corrected chi connectivity index (χ4v) is 6.30. The van der Waals surface area contributed by atoms with Crippen LogP contribution < -0.4 is 4.74 Å². The van der Waals surface area contributed by atoms with E-state index in [4.69, 9.17) is 22.1 Å². The van der Waals surface area contributed by atoms with E-state index in [9.17, 15) is 4.79 Å². The molecule has 4 aromatic carbocycles. The molecule has 40 heavy (non-hydrogen) atoms. The molecule has 0 unspecified atom stereocenters. The summed E-state index contributed by atoms with van der Waals surface area (Å²) in [5.74, 6) is 0.708. The van der Waals surface area contributed by atoms with Crippen molar-refractivity contribution in [3.05, 3.63) is 119 Å². The number of carbonyl (C=O) groups excluding carboxylic acids is 1. The number of amides is 1. The summed E-state index contributed by atoms with van der Waals surface area (Å²) in [4.78, 5) is 15.4. The third-order valence-corrected chi connectivity index (χ3v) is 8.12. The summed E-state index contributed by atoms with van der Waals surface area (Å²) in [6.07, 6.45) is 3.85. The maximum Gasteiger partial charge on any atom is 0.266 e. The lowest BCUT2D eigenvalue weighted by molar-refractivity contribution is -0.123. The van der Waals surface area contributed by atoms with E-state index < -0.39 is 0 Å². The van der Waals surface area contributed by atoms with E-state index in [0.717, 1.165) is 33.8 Å². The number of carbonyl (C=O) groups is 1. The van der Waals surface area contributed by atoms with E-state index in [1.807, 2.05) is 97.5 Å². The summed E-state index contributed by atoms with van der Waals surface area (Å²) in [6, 6.07) is 32.5. The zero-order valence-corrected chi connectivity index (χ0v) is 23.8. The van der Waals surface area contributed by atoms with E-state index >= 15 is 0 Å². The first kappa shape index (κ1) is 26.0. The second-order valence-electron chi connectivity index (χ2n) is 9.81. The van der Waals surface area contributed by atoms with Crippen LogP contribution in [0.5, 0.6) is 5.75 Å². The third kappa shape index (κ3) is 5.18.